The number of fused-ring (bicyclic) bond motifs is 4. The third-order valence-electron chi connectivity index (χ3n) is 10.5. The Bertz CT molecular complexity index is 2920. The SMILES string of the molecule is c1ccc(-c2ccc(N(c3cccc(-c4cccc5oc6ccccc6c45)c3)c3ccccc3-c3cccc4cccc(-c5ccccc5)c34)cc2)cc1. The highest BCUT2D eigenvalue weighted by atomic mass is 16.3. The molecule has 2 nitrogen and oxygen atoms in total. The van der Waals surface area contributed by atoms with Gasteiger partial charge >= 0.3 is 0 Å². The quantitative estimate of drug-likeness (QED) is 0.166. The highest BCUT2D eigenvalue weighted by molar-refractivity contribution is 6.13. The van der Waals surface area contributed by atoms with Crippen molar-refractivity contribution in [3.8, 4) is 44.5 Å². The third-order valence-corrected chi connectivity index (χ3v) is 10.5. The van der Waals surface area contributed by atoms with Crippen LogP contribution in [0.1, 0.15) is 0 Å². The van der Waals surface area contributed by atoms with Crippen LogP contribution in [0.3, 0.4) is 0 Å². The van der Waals surface area contributed by atoms with Crippen LogP contribution in [-0.4, -0.2) is 0 Å². The molecule has 10 rings (SSSR count). The number of benzene rings is 9. The first-order valence-corrected chi connectivity index (χ1v) is 18.4. The minimum atomic E-state index is 0.892. The van der Waals surface area contributed by atoms with Gasteiger partial charge in [-0.25, -0.2) is 0 Å². The number of rotatable bonds is 7. The van der Waals surface area contributed by atoms with Crippen LogP contribution in [0.15, 0.2) is 217 Å². The van der Waals surface area contributed by atoms with E-state index in [1.807, 2.05) is 12.1 Å². The Morgan fingerprint density at radius 3 is 1.67 bits per heavy atom. The molecular formula is C52H35NO. The molecule has 0 atom stereocenters. The molecule has 1 aromatic heterocycles. The summed E-state index contributed by atoms with van der Waals surface area (Å²) in [5, 5.41) is 4.71. The molecule has 0 unspecified atom stereocenters. The van der Waals surface area contributed by atoms with E-state index in [2.05, 4.69) is 205 Å². The molecule has 0 saturated heterocycles. The Labute approximate surface area is 314 Å². The second-order valence-corrected chi connectivity index (χ2v) is 13.7. The summed E-state index contributed by atoms with van der Waals surface area (Å²) in [7, 11) is 0. The predicted octanol–water partition coefficient (Wildman–Crippen LogP) is 14.9. The molecule has 10 aromatic rings. The Balaban J connectivity index is 1.19. The van der Waals surface area contributed by atoms with Crippen molar-refractivity contribution in [3.63, 3.8) is 0 Å². The average molecular weight is 690 g/mol. The van der Waals surface area contributed by atoms with E-state index in [0.717, 1.165) is 55.7 Å². The number of nitrogens with zero attached hydrogens (tertiary/aromatic N) is 1. The van der Waals surface area contributed by atoms with Gasteiger partial charge in [-0.15, -0.1) is 0 Å². The highest BCUT2D eigenvalue weighted by Gasteiger charge is 2.21. The van der Waals surface area contributed by atoms with Gasteiger partial charge in [-0.05, 0) is 92.2 Å². The number of para-hydroxylation sites is 2. The van der Waals surface area contributed by atoms with Gasteiger partial charge in [0.05, 0.1) is 5.69 Å². The Morgan fingerprint density at radius 2 is 0.870 bits per heavy atom. The van der Waals surface area contributed by atoms with E-state index in [1.54, 1.807) is 0 Å². The summed E-state index contributed by atoms with van der Waals surface area (Å²) < 4.78 is 6.31. The predicted molar refractivity (Wildman–Crippen MR) is 228 cm³/mol. The second-order valence-electron chi connectivity index (χ2n) is 13.7. The van der Waals surface area contributed by atoms with Gasteiger partial charge in [0, 0.05) is 27.7 Å². The van der Waals surface area contributed by atoms with Gasteiger partial charge in [0.2, 0.25) is 0 Å². The fraction of sp³-hybridized carbons (Fsp3) is 0. The summed E-state index contributed by atoms with van der Waals surface area (Å²) in [5.41, 5.74) is 14.5. The van der Waals surface area contributed by atoms with Gasteiger partial charge in [-0.1, -0.05) is 170 Å². The van der Waals surface area contributed by atoms with Gasteiger partial charge in [0.15, 0.2) is 0 Å². The van der Waals surface area contributed by atoms with Crippen molar-refractivity contribution in [1.82, 2.24) is 0 Å². The molecule has 9 aromatic carbocycles. The van der Waals surface area contributed by atoms with Gasteiger partial charge in [-0.2, -0.15) is 0 Å². The standard InChI is InChI=1S/C52H35NO/c1-3-15-36(16-4-1)37-31-33-41(34-32-37)53(42-22-11-21-40(35-42)44-26-14-30-50-52(44)47-24-8-10-29-49(47)54-50)48-28-9-7-23-45(48)46-27-13-20-39-19-12-25-43(51(39)46)38-17-5-2-6-18-38/h1-35H. The zero-order chi connectivity index (χ0) is 35.8. The van der Waals surface area contributed by atoms with Crippen LogP contribution in [0, 0.1) is 0 Å². The largest absolute Gasteiger partial charge is 0.456 e. The first-order valence-electron chi connectivity index (χ1n) is 18.4. The van der Waals surface area contributed by atoms with Gasteiger partial charge in [0.1, 0.15) is 11.2 Å². The lowest BCUT2D eigenvalue weighted by molar-refractivity contribution is 0.669. The van der Waals surface area contributed by atoms with Crippen molar-refractivity contribution in [2.75, 3.05) is 4.90 Å². The van der Waals surface area contributed by atoms with Gasteiger partial charge < -0.3 is 9.32 Å². The average Bonchev–Trinajstić information content (AvgIpc) is 3.64. The fourth-order valence-electron chi connectivity index (χ4n) is 8.01. The van der Waals surface area contributed by atoms with Crippen molar-refractivity contribution in [2.45, 2.75) is 0 Å². The number of anilines is 3. The maximum Gasteiger partial charge on any atom is 0.136 e. The molecule has 0 aliphatic heterocycles. The molecule has 54 heavy (non-hydrogen) atoms. The Morgan fingerprint density at radius 1 is 0.315 bits per heavy atom. The molecule has 0 aliphatic rings. The minimum Gasteiger partial charge on any atom is -0.456 e. The van der Waals surface area contributed by atoms with E-state index in [0.29, 0.717) is 0 Å². The smallest absolute Gasteiger partial charge is 0.136 e. The van der Waals surface area contributed by atoms with E-state index < -0.39 is 0 Å². The van der Waals surface area contributed by atoms with Crippen LogP contribution in [-0.2, 0) is 0 Å². The van der Waals surface area contributed by atoms with E-state index >= 15 is 0 Å². The Hall–Kier alpha value is -7.16. The molecule has 0 N–H and O–H groups in total. The van der Waals surface area contributed by atoms with Crippen molar-refractivity contribution in [2.24, 2.45) is 0 Å². The van der Waals surface area contributed by atoms with Crippen molar-refractivity contribution >= 4 is 49.8 Å². The molecule has 254 valence electrons. The van der Waals surface area contributed by atoms with Crippen LogP contribution in [0.5, 0.6) is 0 Å². The summed E-state index contributed by atoms with van der Waals surface area (Å²) >= 11 is 0. The summed E-state index contributed by atoms with van der Waals surface area (Å²) in [4.78, 5) is 2.41. The maximum absolute atomic E-state index is 6.31. The molecule has 0 saturated carbocycles. The molecule has 0 fully saturated rings. The number of furan rings is 1. The second kappa shape index (κ2) is 13.4. The van der Waals surface area contributed by atoms with Gasteiger partial charge in [-0.3, -0.25) is 0 Å². The maximum atomic E-state index is 6.31. The first-order chi connectivity index (χ1) is 26.8. The zero-order valence-corrected chi connectivity index (χ0v) is 29.6. The summed E-state index contributed by atoms with van der Waals surface area (Å²) in [6.45, 7) is 0. The van der Waals surface area contributed by atoms with Crippen LogP contribution in [0.4, 0.5) is 17.1 Å². The van der Waals surface area contributed by atoms with Gasteiger partial charge in [0.25, 0.3) is 0 Å². The number of hydrogen-bond donors (Lipinski definition) is 0. The summed E-state index contributed by atoms with van der Waals surface area (Å²) in [5.74, 6) is 0. The summed E-state index contributed by atoms with van der Waals surface area (Å²) in [6, 6.07) is 75.9. The zero-order valence-electron chi connectivity index (χ0n) is 29.6. The van der Waals surface area contributed by atoms with Crippen molar-refractivity contribution in [1.29, 1.82) is 0 Å². The van der Waals surface area contributed by atoms with E-state index in [-0.39, 0.29) is 0 Å². The minimum absolute atomic E-state index is 0.892. The van der Waals surface area contributed by atoms with Crippen LogP contribution >= 0.6 is 0 Å². The topological polar surface area (TPSA) is 16.4 Å². The fourth-order valence-corrected chi connectivity index (χ4v) is 8.01. The molecule has 1 heterocycles. The van der Waals surface area contributed by atoms with E-state index in [1.165, 1.54) is 38.6 Å². The van der Waals surface area contributed by atoms with Crippen molar-refractivity contribution < 1.29 is 4.42 Å². The van der Waals surface area contributed by atoms with Crippen molar-refractivity contribution in [3.05, 3.63) is 212 Å². The molecule has 2 heteroatoms. The molecular weight excluding hydrogens is 655 g/mol. The number of hydrogen-bond acceptors (Lipinski definition) is 2. The third kappa shape index (κ3) is 5.53. The van der Waals surface area contributed by atoms with Crippen LogP contribution in [0.2, 0.25) is 0 Å². The normalized spacial score (nSPS) is 11.3. The monoisotopic (exact) mass is 689 g/mol. The lowest BCUT2D eigenvalue weighted by atomic mass is 9.90. The van der Waals surface area contributed by atoms with Crippen LogP contribution in [0.25, 0.3) is 77.2 Å². The molecule has 0 spiro atoms. The molecule has 0 amide bonds. The molecule has 0 aliphatic carbocycles. The highest BCUT2D eigenvalue weighted by Crippen LogP contribution is 2.46. The Kier molecular flexibility index (Phi) is 7.85. The summed E-state index contributed by atoms with van der Waals surface area (Å²) in [6.07, 6.45) is 0. The molecule has 0 radical (unpaired) electrons. The van der Waals surface area contributed by atoms with E-state index in [9.17, 15) is 0 Å². The van der Waals surface area contributed by atoms with E-state index in [4.69, 9.17) is 4.42 Å². The first kappa shape index (κ1) is 31.6. The molecule has 0 bridgehead atoms. The van der Waals surface area contributed by atoms with Crippen LogP contribution < -0.4 is 4.90 Å². The lowest BCUT2D eigenvalue weighted by Gasteiger charge is -2.29. The lowest BCUT2D eigenvalue weighted by Crippen LogP contribution is -2.11.